The first-order valence-electron chi connectivity index (χ1n) is 26.5. The highest BCUT2D eigenvalue weighted by Crippen LogP contribution is 2.71. The summed E-state index contributed by atoms with van der Waals surface area (Å²) in [5.74, 6) is 5.97. The Bertz CT molecular complexity index is 1600. The third-order valence-electron chi connectivity index (χ3n) is 23.2. The number of nitrogens with zero attached hydrogens (tertiary/aromatic N) is 1. The fraction of sp³-hybridized carbons (Fsp3) is 0.963. The summed E-state index contributed by atoms with van der Waals surface area (Å²) < 4.78 is 0.341. The number of hydrogen-bond acceptors (Lipinski definition) is 4. The predicted molar refractivity (Wildman–Crippen MR) is 245 cm³/mol. The van der Waals surface area contributed by atoms with Crippen LogP contribution in [0.4, 0.5) is 0 Å². The summed E-state index contributed by atoms with van der Waals surface area (Å²) >= 11 is 0. The first-order valence-corrected chi connectivity index (χ1v) is 26.5. The number of quaternary nitrogens is 1. The number of aliphatic hydroxyl groups excluding tert-OH is 1. The van der Waals surface area contributed by atoms with E-state index in [9.17, 15) is 24.9 Å². The van der Waals surface area contributed by atoms with Gasteiger partial charge in [-0.1, -0.05) is 74.1 Å². The highest BCUT2D eigenvalue weighted by molar-refractivity contribution is 5.75. The van der Waals surface area contributed by atoms with E-state index in [-0.39, 0.29) is 29.6 Å². The number of fused-ring (bicyclic) bond motifs is 10. The van der Waals surface area contributed by atoms with Gasteiger partial charge in [0.2, 0.25) is 11.6 Å². The van der Waals surface area contributed by atoms with Crippen LogP contribution in [-0.2, 0) is 9.59 Å². The van der Waals surface area contributed by atoms with Crippen molar-refractivity contribution in [3.8, 4) is 0 Å². The molecule has 0 aromatic rings. The van der Waals surface area contributed by atoms with Crippen molar-refractivity contribution in [2.24, 2.45) is 98.6 Å². The highest BCUT2D eigenvalue weighted by atomic mass is 16.4. The largest absolute Gasteiger partial charge is 0.481 e. The van der Waals surface area contributed by atoms with Gasteiger partial charge in [0.15, 0.2) is 0 Å². The topological polar surface area (TPSA) is 107 Å². The van der Waals surface area contributed by atoms with Crippen LogP contribution in [-0.4, -0.2) is 70.7 Å². The molecule has 4 N–H and O–H groups in total. The predicted octanol–water partition coefficient (Wildman–Crippen LogP) is 11.1. The van der Waals surface area contributed by atoms with Crippen LogP contribution in [0.1, 0.15) is 190 Å². The normalized spacial score (nSPS) is 49.0. The molecule has 8 fully saturated rings. The molecule has 0 aromatic carbocycles. The summed E-state index contributed by atoms with van der Waals surface area (Å²) in [5, 5.41) is 38.9. The molecule has 5 unspecified atom stereocenters. The number of carboxylic acid groups (broad SMARTS) is 1. The molecule has 0 spiro atoms. The second-order valence-electron chi connectivity index (χ2n) is 25.6. The van der Waals surface area contributed by atoms with Gasteiger partial charge in [-0.2, -0.15) is 0 Å². The zero-order valence-electron chi connectivity index (χ0n) is 40.7. The summed E-state index contributed by atoms with van der Waals surface area (Å²) in [6.45, 7) is 18.3. The van der Waals surface area contributed by atoms with E-state index in [4.69, 9.17) is 0 Å². The number of nitrogens with one attached hydrogen (secondary N) is 1. The van der Waals surface area contributed by atoms with Crippen molar-refractivity contribution in [3.63, 3.8) is 0 Å². The molecule has 8 saturated carbocycles. The summed E-state index contributed by atoms with van der Waals surface area (Å²) in [6, 6.07) is 0. The van der Waals surface area contributed by atoms with Gasteiger partial charge in [-0.15, -0.1) is 0 Å². The van der Waals surface area contributed by atoms with Crippen molar-refractivity contribution in [1.82, 2.24) is 5.32 Å². The average molecular weight is 850 g/mol. The molecule has 8 rings (SSSR count). The molecule has 348 valence electrons. The number of aliphatic hydroxyl groups is 2. The molecule has 0 aliphatic heterocycles. The number of amides is 1. The standard InChI is InChI=1S/C54H92N2O5/c1-10-14-34(2)41-22-24-44-39-20-18-37-32-54(61,33-46(49(59)60)52(37,6)45(39)31-47(57)53(41,44)7)56(8,9)30-13-29-55-48(58)25-16-35(3)40-21-23-42-38-19-17-36-15-11-12-27-50(36,4)43(38)26-28-51(40,42)5/h34-47,57,61H,10-33H2,1-9H3,(H-,55,58,59,60)/p+1/t34-,35-,36?,37-,38?,39+,40-,41-,42?,43?,44+,45+,46?,47+,50+,51-,52+,53-,54+/m1/s1. The number of carboxylic acids is 1. The first kappa shape index (κ1) is 46.4. The van der Waals surface area contributed by atoms with E-state index in [1.807, 2.05) is 0 Å². The van der Waals surface area contributed by atoms with Crippen molar-refractivity contribution >= 4 is 11.9 Å². The van der Waals surface area contributed by atoms with Crippen LogP contribution in [0.15, 0.2) is 0 Å². The Morgan fingerprint density at radius 1 is 0.721 bits per heavy atom. The Morgan fingerprint density at radius 2 is 1.38 bits per heavy atom. The molecule has 1 amide bonds. The van der Waals surface area contributed by atoms with E-state index >= 15 is 0 Å². The third-order valence-corrected chi connectivity index (χ3v) is 23.2. The second kappa shape index (κ2) is 16.9. The van der Waals surface area contributed by atoms with Gasteiger partial charge in [0.25, 0.3) is 0 Å². The smallest absolute Gasteiger partial charge is 0.307 e. The number of carbonyl (C=O) groups excluding carboxylic acids is 1. The molecule has 0 bridgehead atoms. The van der Waals surface area contributed by atoms with E-state index in [0.717, 1.165) is 61.7 Å². The van der Waals surface area contributed by atoms with Crippen molar-refractivity contribution in [1.29, 1.82) is 0 Å². The lowest BCUT2D eigenvalue weighted by molar-refractivity contribution is -0.970. The van der Waals surface area contributed by atoms with Gasteiger partial charge < -0.3 is 25.1 Å². The second-order valence-corrected chi connectivity index (χ2v) is 25.6. The molecule has 7 heteroatoms. The molecule has 7 nitrogen and oxygen atoms in total. The Labute approximate surface area is 372 Å². The molecule has 0 radical (unpaired) electrons. The molecule has 19 atom stereocenters. The van der Waals surface area contributed by atoms with Crippen LogP contribution in [0.3, 0.4) is 0 Å². The molecule has 8 aliphatic rings. The minimum atomic E-state index is -1.16. The average Bonchev–Trinajstić information content (AvgIpc) is 3.76. The molecule has 0 aromatic heterocycles. The van der Waals surface area contributed by atoms with E-state index in [1.54, 1.807) is 0 Å². The van der Waals surface area contributed by atoms with Crippen LogP contribution >= 0.6 is 0 Å². The lowest BCUT2D eigenvalue weighted by atomic mass is 9.41. The monoisotopic (exact) mass is 850 g/mol. The summed E-state index contributed by atoms with van der Waals surface area (Å²) in [6.07, 6.45) is 24.5. The van der Waals surface area contributed by atoms with Gasteiger partial charge in [0.05, 0.1) is 32.7 Å². The molecular weight excluding hydrogens is 757 g/mol. The third kappa shape index (κ3) is 7.43. The maximum absolute atomic E-state index is 13.4. The minimum Gasteiger partial charge on any atom is -0.481 e. The lowest BCUT2D eigenvalue weighted by Crippen LogP contribution is -2.69. The molecule has 0 saturated heterocycles. The molecule has 8 aliphatic carbocycles. The number of aliphatic carboxylic acids is 1. The number of carbonyl (C=O) groups is 2. The Kier molecular flexibility index (Phi) is 12.9. The number of hydrogen-bond donors (Lipinski definition) is 4. The first-order chi connectivity index (χ1) is 28.8. The van der Waals surface area contributed by atoms with Crippen molar-refractivity contribution in [2.75, 3.05) is 27.2 Å². The quantitative estimate of drug-likeness (QED) is 0.0839. The zero-order chi connectivity index (χ0) is 43.9. The summed E-state index contributed by atoms with van der Waals surface area (Å²) in [4.78, 5) is 26.7. The van der Waals surface area contributed by atoms with Crippen molar-refractivity contribution in [2.45, 2.75) is 202 Å². The summed E-state index contributed by atoms with van der Waals surface area (Å²) in [5.41, 5.74) is -0.686. The maximum Gasteiger partial charge on any atom is 0.307 e. The zero-order valence-corrected chi connectivity index (χ0v) is 40.7. The van der Waals surface area contributed by atoms with Gasteiger partial charge in [-0.05, 0) is 183 Å². The fourth-order valence-corrected chi connectivity index (χ4v) is 19.6. The van der Waals surface area contributed by atoms with Crippen LogP contribution < -0.4 is 5.32 Å². The highest BCUT2D eigenvalue weighted by Gasteiger charge is 2.69. The Hall–Kier alpha value is -1.18. The Morgan fingerprint density at radius 3 is 2.10 bits per heavy atom. The minimum absolute atomic E-state index is 0.0941. The van der Waals surface area contributed by atoms with Crippen LogP contribution in [0.2, 0.25) is 0 Å². The molecular formula is C54H93N2O5+. The number of rotatable bonds is 13. The van der Waals surface area contributed by atoms with Crippen LogP contribution in [0.5, 0.6) is 0 Å². The summed E-state index contributed by atoms with van der Waals surface area (Å²) in [7, 11) is 4.15. The van der Waals surface area contributed by atoms with E-state index in [2.05, 4.69) is 67.9 Å². The van der Waals surface area contributed by atoms with Gasteiger partial charge in [-0.3, -0.25) is 9.59 Å². The van der Waals surface area contributed by atoms with Gasteiger partial charge in [-0.25, -0.2) is 0 Å². The van der Waals surface area contributed by atoms with Crippen molar-refractivity contribution in [3.05, 3.63) is 0 Å². The fourth-order valence-electron chi connectivity index (χ4n) is 19.6. The van der Waals surface area contributed by atoms with E-state index in [0.29, 0.717) is 77.3 Å². The van der Waals surface area contributed by atoms with Crippen LogP contribution in [0, 0.1) is 98.6 Å². The van der Waals surface area contributed by atoms with E-state index in [1.165, 1.54) is 83.5 Å². The Balaban J connectivity index is 0.835. The molecule has 0 heterocycles. The van der Waals surface area contributed by atoms with Gasteiger partial charge in [0.1, 0.15) is 0 Å². The lowest BCUT2D eigenvalue weighted by Gasteiger charge is -2.65. The van der Waals surface area contributed by atoms with Crippen LogP contribution in [0.25, 0.3) is 0 Å². The van der Waals surface area contributed by atoms with Crippen molar-refractivity contribution < 1.29 is 29.4 Å². The SMILES string of the molecule is CCC[C@@H](C)[C@H]1CC[C@H]2[C@@H]3CC[C@@H]4C[C@@](O)([N+](C)(C)CCCNC(=O)CC[C@@H](C)[C@H]5CCC6C7CCC8CCCC[C@]8(C)C7CC[C@@]65C)CC(C(=O)O)[C@]4(C)[C@H]3C[C@H](O)[C@]12C. The molecule has 61 heavy (non-hydrogen) atoms. The van der Waals surface area contributed by atoms with E-state index < -0.39 is 29.1 Å². The van der Waals surface area contributed by atoms with Gasteiger partial charge in [0, 0.05) is 32.2 Å². The van der Waals surface area contributed by atoms with Gasteiger partial charge >= 0.3 is 5.97 Å². The maximum atomic E-state index is 13.4.